The first-order valence-electron chi connectivity index (χ1n) is 8.59. The highest BCUT2D eigenvalue weighted by Gasteiger charge is 2.23. The van der Waals surface area contributed by atoms with Crippen LogP contribution in [0.3, 0.4) is 0 Å². The van der Waals surface area contributed by atoms with E-state index in [-0.39, 0.29) is 5.91 Å². The average Bonchev–Trinajstić information content (AvgIpc) is 2.75. The molecule has 0 fully saturated rings. The molecular formula is C19H22N2O3S. The largest absolute Gasteiger partial charge is 0.480 e. The second kappa shape index (κ2) is 7.35. The number of aromatic nitrogens is 1. The van der Waals surface area contributed by atoms with Crippen LogP contribution in [0.1, 0.15) is 58.7 Å². The number of carboxylic acid groups (broad SMARTS) is 1. The number of carboxylic acids is 1. The van der Waals surface area contributed by atoms with Crippen LogP contribution in [0.4, 0.5) is 0 Å². The maximum atomic E-state index is 12.5. The molecule has 1 unspecified atom stereocenters. The van der Waals surface area contributed by atoms with Crippen molar-refractivity contribution < 1.29 is 14.7 Å². The number of hydrogen-bond donors (Lipinski definition) is 1. The van der Waals surface area contributed by atoms with Gasteiger partial charge in [0.2, 0.25) is 0 Å². The summed E-state index contributed by atoms with van der Waals surface area (Å²) in [6, 6.07) is 6.53. The molecule has 0 spiro atoms. The fraction of sp³-hybridized carbons (Fsp3) is 0.421. The first-order valence-corrected chi connectivity index (χ1v) is 9.40. The number of fused-ring (bicyclic) bond motifs is 1. The van der Waals surface area contributed by atoms with Crippen molar-refractivity contribution in [2.75, 3.05) is 0 Å². The van der Waals surface area contributed by atoms with Crippen LogP contribution in [0.15, 0.2) is 29.3 Å². The maximum Gasteiger partial charge on any atom is 0.326 e. The molecule has 6 heteroatoms. The zero-order valence-electron chi connectivity index (χ0n) is 14.5. The van der Waals surface area contributed by atoms with Gasteiger partial charge in [-0.05, 0) is 51.7 Å². The average molecular weight is 358 g/mol. The number of hydrogen-bond acceptors (Lipinski definition) is 3. The van der Waals surface area contributed by atoms with Crippen molar-refractivity contribution in [3.8, 4) is 0 Å². The molecule has 1 N–H and O–H groups in total. The van der Waals surface area contributed by atoms with Crippen molar-refractivity contribution in [3.63, 3.8) is 0 Å². The molecular weight excluding hydrogens is 336 g/mol. The summed E-state index contributed by atoms with van der Waals surface area (Å²) in [6.07, 6.45) is 5.07. The monoisotopic (exact) mass is 358 g/mol. The second-order valence-corrected chi connectivity index (χ2v) is 7.54. The first-order chi connectivity index (χ1) is 12.0. The van der Waals surface area contributed by atoms with E-state index in [0.29, 0.717) is 10.4 Å². The molecule has 1 aromatic heterocycles. The lowest BCUT2D eigenvalue weighted by Crippen LogP contribution is -2.27. The minimum absolute atomic E-state index is 0.331. The SMILES string of the molecule is Cc1ccc(C(=O)/N=c2\sc3c(n2C(C)C(=O)O)CCCCC3)cc1. The van der Waals surface area contributed by atoms with Gasteiger partial charge in [-0.3, -0.25) is 4.79 Å². The van der Waals surface area contributed by atoms with Gasteiger partial charge in [0, 0.05) is 16.1 Å². The van der Waals surface area contributed by atoms with Gasteiger partial charge < -0.3 is 9.67 Å². The summed E-state index contributed by atoms with van der Waals surface area (Å²) in [5.41, 5.74) is 2.63. The lowest BCUT2D eigenvalue weighted by Gasteiger charge is -2.13. The van der Waals surface area contributed by atoms with Gasteiger partial charge >= 0.3 is 5.97 Å². The van der Waals surface area contributed by atoms with Crippen molar-refractivity contribution in [2.45, 2.75) is 52.0 Å². The van der Waals surface area contributed by atoms with Crippen LogP contribution in [-0.4, -0.2) is 21.6 Å². The summed E-state index contributed by atoms with van der Waals surface area (Å²) in [6.45, 7) is 3.61. The molecule has 5 nitrogen and oxygen atoms in total. The molecule has 0 aliphatic heterocycles. The molecule has 25 heavy (non-hydrogen) atoms. The Hall–Kier alpha value is -2.21. The maximum absolute atomic E-state index is 12.5. The Balaban J connectivity index is 2.09. The molecule has 1 aliphatic carbocycles. The summed E-state index contributed by atoms with van der Waals surface area (Å²) in [5, 5.41) is 9.49. The van der Waals surface area contributed by atoms with Gasteiger partial charge in [0.25, 0.3) is 5.91 Å². The lowest BCUT2D eigenvalue weighted by molar-refractivity contribution is -0.140. The highest BCUT2D eigenvalue weighted by atomic mass is 32.1. The van der Waals surface area contributed by atoms with Crippen LogP contribution in [0.5, 0.6) is 0 Å². The molecule has 0 saturated carbocycles. The minimum atomic E-state index is -0.908. The Morgan fingerprint density at radius 3 is 2.52 bits per heavy atom. The van der Waals surface area contributed by atoms with Crippen LogP contribution < -0.4 is 4.80 Å². The topological polar surface area (TPSA) is 71.7 Å². The molecule has 1 heterocycles. The predicted molar refractivity (Wildman–Crippen MR) is 97.0 cm³/mol. The molecule has 1 atom stereocenters. The van der Waals surface area contributed by atoms with Crippen LogP contribution in [0.2, 0.25) is 0 Å². The van der Waals surface area contributed by atoms with Crippen molar-refractivity contribution in [3.05, 3.63) is 50.8 Å². The summed E-state index contributed by atoms with van der Waals surface area (Å²) in [5.74, 6) is -1.24. The van der Waals surface area contributed by atoms with E-state index in [9.17, 15) is 14.7 Å². The first kappa shape index (κ1) is 17.6. The van der Waals surface area contributed by atoms with Gasteiger partial charge in [-0.25, -0.2) is 4.79 Å². The number of rotatable bonds is 3. The molecule has 3 rings (SSSR count). The van der Waals surface area contributed by atoms with E-state index in [1.54, 1.807) is 23.6 Å². The number of amides is 1. The fourth-order valence-electron chi connectivity index (χ4n) is 3.11. The Labute approximate surface area is 150 Å². The van der Waals surface area contributed by atoms with Gasteiger partial charge in [-0.15, -0.1) is 11.3 Å². The van der Waals surface area contributed by atoms with E-state index in [4.69, 9.17) is 0 Å². The van der Waals surface area contributed by atoms with Gasteiger partial charge in [0.1, 0.15) is 6.04 Å². The van der Waals surface area contributed by atoms with Gasteiger partial charge in [0.05, 0.1) is 0 Å². The quantitative estimate of drug-likeness (QED) is 0.854. The number of carbonyl (C=O) groups is 2. The van der Waals surface area contributed by atoms with E-state index in [2.05, 4.69) is 4.99 Å². The highest BCUT2D eigenvalue weighted by Crippen LogP contribution is 2.25. The van der Waals surface area contributed by atoms with E-state index in [0.717, 1.165) is 43.4 Å². The van der Waals surface area contributed by atoms with Crippen molar-refractivity contribution in [1.82, 2.24) is 4.57 Å². The van der Waals surface area contributed by atoms with E-state index in [1.165, 1.54) is 16.2 Å². The number of carbonyl (C=O) groups excluding carboxylic acids is 1. The fourth-order valence-corrected chi connectivity index (χ4v) is 4.39. The number of benzene rings is 1. The van der Waals surface area contributed by atoms with Crippen molar-refractivity contribution in [1.29, 1.82) is 0 Å². The smallest absolute Gasteiger partial charge is 0.326 e. The van der Waals surface area contributed by atoms with Gasteiger partial charge in [-0.1, -0.05) is 24.1 Å². The van der Waals surface area contributed by atoms with Crippen LogP contribution >= 0.6 is 11.3 Å². The van der Waals surface area contributed by atoms with E-state index in [1.807, 2.05) is 19.1 Å². The molecule has 1 amide bonds. The summed E-state index contributed by atoms with van der Waals surface area (Å²) in [7, 11) is 0. The van der Waals surface area contributed by atoms with Crippen LogP contribution in [0.25, 0.3) is 0 Å². The molecule has 0 radical (unpaired) electrons. The molecule has 1 aliphatic rings. The van der Waals surface area contributed by atoms with E-state index < -0.39 is 12.0 Å². The Morgan fingerprint density at radius 2 is 1.84 bits per heavy atom. The molecule has 0 bridgehead atoms. The number of nitrogens with zero attached hydrogens (tertiary/aromatic N) is 2. The van der Waals surface area contributed by atoms with E-state index >= 15 is 0 Å². The minimum Gasteiger partial charge on any atom is -0.480 e. The van der Waals surface area contributed by atoms with Crippen LogP contribution in [0, 0.1) is 6.92 Å². The van der Waals surface area contributed by atoms with Crippen molar-refractivity contribution in [2.24, 2.45) is 4.99 Å². The summed E-state index contributed by atoms with van der Waals surface area (Å²) < 4.78 is 1.75. The highest BCUT2D eigenvalue weighted by molar-refractivity contribution is 7.09. The van der Waals surface area contributed by atoms with Gasteiger partial charge in [0.15, 0.2) is 4.80 Å². The number of thiazole rings is 1. The normalized spacial score (nSPS) is 16.2. The van der Waals surface area contributed by atoms with Gasteiger partial charge in [-0.2, -0.15) is 4.99 Å². The number of aryl methyl sites for hydroxylation is 2. The standard InChI is InChI=1S/C19H22N2O3S/c1-12-8-10-14(11-9-12)17(22)20-19-21(13(2)18(23)24)15-6-4-3-5-7-16(15)25-19/h8-11,13H,3-7H2,1-2H3,(H,23,24)/b20-19-. The summed E-state index contributed by atoms with van der Waals surface area (Å²) >= 11 is 1.46. The Morgan fingerprint density at radius 1 is 1.16 bits per heavy atom. The molecule has 0 saturated heterocycles. The summed E-state index contributed by atoms with van der Waals surface area (Å²) in [4.78, 5) is 30.0. The lowest BCUT2D eigenvalue weighted by atomic mass is 10.1. The zero-order chi connectivity index (χ0) is 18.0. The third kappa shape index (κ3) is 3.74. The molecule has 2 aromatic rings. The van der Waals surface area contributed by atoms with Crippen LogP contribution in [-0.2, 0) is 17.6 Å². The molecule has 132 valence electrons. The number of aliphatic carboxylic acids is 1. The van der Waals surface area contributed by atoms with Crippen molar-refractivity contribution >= 4 is 23.2 Å². The third-order valence-electron chi connectivity index (χ3n) is 4.59. The zero-order valence-corrected chi connectivity index (χ0v) is 15.3. The predicted octanol–water partition coefficient (Wildman–Crippen LogP) is 3.51. The Kier molecular flexibility index (Phi) is 5.18. The second-order valence-electron chi connectivity index (χ2n) is 6.48. The Bertz CT molecular complexity index is 862. The third-order valence-corrected chi connectivity index (χ3v) is 5.75. The molecule has 1 aromatic carbocycles.